The fourth-order valence-corrected chi connectivity index (χ4v) is 1.87. The molecule has 2 aromatic heterocycles. The van der Waals surface area contributed by atoms with Gasteiger partial charge in [-0.05, 0) is 19.1 Å². The van der Waals surface area contributed by atoms with Crippen LogP contribution in [0.1, 0.15) is 11.6 Å². The quantitative estimate of drug-likeness (QED) is 0.666. The van der Waals surface area contributed by atoms with E-state index < -0.39 is 0 Å². The third-order valence-electron chi connectivity index (χ3n) is 2.77. The molecule has 0 radical (unpaired) electrons. The molecule has 0 aliphatic rings. The van der Waals surface area contributed by atoms with Gasteiger partial charge >= 0.3 is 0 Å². The normalized spacial score (nSPS) is 10.6. The van der Waals surface area contributed by atoms with Gasteiger partial charge in [0.1, 0.15) is 11.6 Å². The molecule has 0 amide bonds. The maximum absolute atomic E-state index is 4.36. The fourth-order valence-electron chi connectivity index (χ4n) is 1.87. The molecule has 1 aromatic carbocycles. The summed E-state index contributed by atoms with van der Waals surface area (Å²) in [6.07, 6.45) is 3.54. The summed E-state index contributed by atoms with van der Waals surface area (Å²) in [4.78, 5) is 11.6. The Balaban J connectivity index is 1.85. The lowest BCUT2D eigenvalue weighted by Gasteiger charge is -2.08. The van der Waals surface area contributed by atoms with Gasteiger partial charge in [0.25, 0.3) is 0 Å². The van der Waals surface area contributed by atoms with Gasteiger partial charge in [-0.2, -0.15) is 5.10 Å². The monoisotopic (exact) mass is 254 g/mol. The maximum atomic E-state index is 4.36. The van der Waals surface area contributed by atoms with Crippen LogP contribution in [-0.4, -0.2) is 25.1 Å². The minimum atomic E-state index is 0.632. The van der Waals surface area contributed by atoms with E-state index in [9.17, 15) is 0 Å². The fraction of sp³-hybridized carbons (Fsp3) is 0.154. The van der Waals surface area contributed by atoms with E-state index in [-0.39, 0.29) is 0 Å². The first-order valence-corrected chi connectivity index (χ1v) is 6.03. The number of nitrogens with one attached hydrogen (secondary N) is 3. The predicted octanol–water partition coefficient (Wildman–Crippen LogP) is 2.12. The second-order valence-corrected chi connectivity index (χ2v) is 4.18. The van der Waals surface area contributed by atoms with Gasteiger partial charge < -0.3 is 10.3 Å². The SMILES string of the molecule is Cc1nc(-c2ccccc2NCc2ncc[nH]2)n[nH]1. The number of hydrogen-bond donors (Lipinski definition) is 3. The third kappa shape index (κ3) is 2.47. The lowest BCUT2D eigenvalue weighted by Crippen LogP contribution is -2.02. The number of benzene rings is 1. The summed E-state index contributed by atoms with van der Waals surface area (Å²) in [6, 6.07) is 7.95. The van der Waals surface area contributed by atoms with Gasteiger partial charge in [0.05, 0.1) is 6.54 Å². The zero-order valence-electron chi connectivity index (χ0n) is 10.5. The van der Waals surface area contributed by atoms with Crippen LogP contribution in [0.15, 0.2) is 36.7 Å². The minimum Gasteiger partial charge on any atom is -0.377 e. The topological polar surface area (TPSA) is 82.3 Å². The van der Waals surface area contributed by atoms with E-state index in [4.69, 9.17) is 0 Å². The van der Waals surface area contributed by atoms with Crippen molar-refractivity contribution >= 4 is 5.69 Å². The van der Waals surface area contributed by atoms with Crippen LogP contribution >= 0.6 is 0 Å². The van der Waals surface area contributed by atoms with Crippen molar-refractivity contribution in [3.05, 3.63) is 48.3 Å². The van der Waals surface area contributed by atoms with Gasteiger partial charge in [0.2, 0.25) is 0 Å². The number of hydrogen-bond acceptors (Lipinski definition) is 4. The maximum Gasteiger partial charge on any atom is 0.183 e. The summed E-state index contributed by atoms with van der Waals surface area (Å²) in [6.45, 7) is 2.52. The molecule has 3 rings (SSSR count). The van der Waals surface area contributed by atoms with E-state index in [2.05, 4.69) is 30.5 Å². The molecule has 6 heteroatoms. The summed E-state index contributed by atoms with van der Waals surface area (Å²) in [7, 11) is 0. The molecule has 0 saturated heterocycles. The second kappa shape index (κ2) is 4.93. The van der Waals surface area contributed by atoms with E-state index in [0.717, 1.165) is 22.9 Å². The van der Waals surface area contributed by atoms with Gasteiger partial charge in [-0.1, -0.05) is 12.1 Å². The number of aryl methyl sites for hydroxylation is 1. The molecule has 0 fully saturated rings. The van der Waals surface area contributed by atoms with Crippen LogP contribution in [0.25, 0.3) is 11.4 Å². The number of para-hydroxylation sites is 1. The van der Waals surface area contributed by atoms with Crippen LogP contribution in [0.3, 0.4) is 0 Å². The van der Waals surface area contributed by atoms with E-state index in [0.29, 0.717) is 12.4 Å². The highest BCUT2D eigenvalue weighted by Crippen LogP contribution is 2.24. The van der Waals surface area contributed by atoms with Crippen LogP contribution in [-0.2, 0) is 6.54 Å². The highest BCUT2D eigenvalue weighted by atomic mass is 15.2. The summed E-state index contributed by atoms with van der Waals surface area (Å²) in [5.41, 5.74) is 1.95. The van der Waals surface area contributed by atoms with Crippen LogP contribution < -0.4 is 5.32 Å². The molecular weight excluding hydrogens is 240 g/mol. The van der Waals surface area contributed by atoms with Crippen molar-refractivity contribution in [2.24, 2.45) is 0 Å². The first-order chi connectivity index (χ1) is 9.33. The molecular formula is C13H14N6. The Hall–Kier alpha value is -2.63. The molecule has 3 aromatic rings. The number of rotatable bonds is 4. The number of aromatic amines is 2. The Morgan fingerprint density at radius 2 is 2.16 bits per heavy atom. The van der Waals surface area contributed by atoms with Gasteiger partial charge in [-0.25, -0.2) is 9.97 Å². The van der Waals surface area contributed by atoms with Gasteiger partial charge in [-0.15, -0.1) is 0 Å². The Morgan fingerprint density at radius 3 is 2.89 bits per heavy atom. The first kappa shape index (κ1) is 11.5. The highest BCUT2D eigenvalue weighted by molar-refractivity contribution is 5.73. The number of nitrogens with zero attached hydrogens (tertiary/aromatic N) is 3. The van der Waals surface area contributed by atoms with Crippen molar-refractivity contribution in [1.82, 2.24) is 25.1 Å². The van der Waals surface area contributed by atoms with Crippen molar-refractivity contribution in [2.45, 2.75) is 13.5 Å². The molecule has 0 saturated carbocycles. The summed E-state index contributed by atoms with van der Waals surface area (Å²) >= 11 is 0. The third-order valence-corrected chi connectivity index (χ3v) is 2.77. The predicted molar refractivity (Wildman–Crippen MR) is 72.5 cm³/mol. The summed E-state index contributed by atoms with van der Waals surface area (Å²) < 4.78 is 0. The van der Waals surface area contributed by atoms with Crippen LogP contribution in [0.5, 0.6) is 0 Å². The van der Waals surface area contributed by atoms with Crippen molar-refractivity contribution < 1.29 is 0 Å². The van der Waals surface area contributed by atoms with E-state index in [1.54, 1.807) is 6.20 Å². The minimum absolute atomic E-state index is 0.632. The van der Waals surface area contributed by atoms with E-state index in [1.165, 1.54) is 0 Å². The molecule has 0 unspecified atom stereocenters. The lowest BCUT2D eigenvalue weighted by molar-refractivity contribution is 0.999. The van der Waals surface area contributed by atoms with Crippen LogP contribution in [0.4, 0.5) is 5.69 Å². The molecule has 96 valence electrons. The van der Waals surface area contributed by atoms with E-state index in [1.807, 2.05) is 37.4 Å². The first-order valence-electron chi connectivity index (χ1n) is 6.03. The van der Waals surface area contributed by atoms with Crippen LogP contribution in [0.2, 0.25) is 0 Å². The van der Waals surface area contributed by atoms with Gasteiger partial charge in [-0.3, -0.25) is 5.10 Å². The smallest absolute Gasteiger partial charge is 0.183 e. The Bertz CT molecular complexity index is 655. The number of anilines is 1. The molecule has 2 heterocycles. The second-order valence-electron chi connectivity index (χ2n) is 4.18. The Labute approximate surface area is 110 Å². The van der Waals surface area contributed by atoms with Gasteiger partial charge in [0, 0.05) is 23.6 Å². The van der Waals surface area contributed by atoms with E-state index >= 15 is 0 Å². The van der Waals surface area contributed by atoms with Crippen molar-refractivity contribution in [3.63, 3.8) is 0 Å². The molecule has 0 bridgehead atoms. The molecule has 0 spiro atoms. The highest BCUT2D eigenvalue weighted by Gasteiger charge is 2.08. The molecule has 19 heavy (non-hydrogen) atoms. The standard InChI is InChI=1S/C13H14N6/c1-9-17-13(19-18-9)10-4-2-3-5-11(10)16-8-12-14-6-7-15-12/h2-7,16H,8H2,1H3,(H,14,15)(H,17,18,19). The average Bonchev–Trinajstić information content (AvgIpc) is 3.08. The Morgan fingerprint density at radius 1 is 1.26 bits per heavy atom. The molecule has 0 aliphatic heterocycles. The zero-order valence-corrected chi connectivity index (χ0v) is 10.5. The van der Waals surface area contributed by atoms with Crippen molar-refractivity contribution in [1.29, 1.82) is 0 Å². The number of aromatic nitrogens is 5. The summed E-state index contributed by atoms with van der Waals surface area (Å²) in [5.74, 6) is 2.39. The zero-order chi connectivity index (χ0) is 13.1. The van der Waals surface area contributed by atoms with Gasteiger partial charge in [0.15, 0.2) is 5.82 Å². The molecule has 0 atom stereocenters. The largest absolute Gasteiger partial charge is 0.377 e. The molecule has 0 aliphatic carbocycles. The average molecular weight is 254 g/mol. The van der Waals surface area contributed by atoms with Crippen LogP contribution in [0, 0.1) is 6.92 Å². The van der Waals surface area contributed by atoms with Crippen molar-refractivity contribution in [2.75, 3.05) is 5.32 Å². The number of imidazole rings is 1. The summed E-state index contributed by atoms with van der Waals surface area (Å²) in [5, 5.41) is 10.4. The van der Waals surface area contributed by atoms with Crippen molar-refractivity contribution in [3.8, 4) is 11.4 Å². The molecule has 3 N–H and O–H groups in total. The lowest BCUT2D eigenvalue weighted by atomic mass is 10.1. The number of H-pyrrole nitrogens is 2. The Kier molecular flexibility index (Phi) is 2.97. The molecule has 6 nitrogen and oxygen atoms in total.